The molecular weight excluding hydrogens is 349 g/mol. The summed E-state index contributed by atoms with van der Waals surface area (Å²) >= 11 is 0. The molecule has 0 aliphatic rings. The quantitative estimate of drug-likeness (QED) is 0.441. The topological polar surface area (TPSA) is 70.8 Å². The van der Waals surface area contributed by atoms with Crippen LogP contribution in [0.25, 0.3) is 0 Å². The van der Waals surface area contributed by atoms with E-state index in [4.69, 9.17) is 19.7 Å². The lowest BCUT2D eigenvalue weighted by Crippen LogP contribution is -2.09. The number of rotatable bonds is 12. The highest BCUT2D eigenvalue weighted by molar-refractivity contribution is 7.58. The third-order valence-electron chi connectivity index (χ3n) is 3.80. The third-order valence-corrected chi connectivity index (χ3v) is 6.05. The van der Waals surface area contributed by atoms with Gasteiger partial charge in [-0.2, -0.15) is 0 Å². The Balaban J connectivity index is 1.80. The van der Waals surface area contributed by atoms with Crippen LogP contribution in [-0.2, 0) is 15.5 Å². The minimum atomic E-state index is -2.85. The summed E-state index contributed by atoms with van der Waals surface area (Å²) < 4.78 is 29.8. The molecule has 0 bridgehead atoms. The fourth-order valence-corrected chi connectivity index (χ4v) is 4.27. The molecule has 0 aliphatic carbocycles. The molecule has 1 atom stereocenters. The van der Waals surface area contributed by atoms with Crippen LogP contribution in [0.15, 0.2) is 54.6 Å². The summed E-state index contributed by atoms with van der Waals surface area (Å²) in [5.41, 5.74) is 6.71. The van der Waals surface area contributed by atoms with Gasteiger partial charge in [0.15, 0.2) is 6.35 Å². The number of hydrogen-bond donors (Lipinski definition) is 1. The molecular formula is C20H28NO4P. The summed E-state index contributed by atoms with van der Waals surface area (Å²) in [5.74, 6) is 1.50. The lowest BCUT2D eigenvalue weighted by Gasteiger charge is -2.18. The predicted octanol–water partition coefficient (Wildman–Crippen LogP) is 4.31. The van der Waals surface area contributed by atoms with Crippen LogP contribution in [0.1, 0.15) is 18.9 Å². The van der Waals surface area contributed by atoms with Gasteiger partial charge in [-0.1, -0.05) is 30.3 Å². The van der Waals surface area contributed by atoms with E-state index in [0.717, 1.165) is 17.7 Å². The maximum Gasteiger partial charge on any atom is 0.239 e. The smallest absolute Gasteiger partial charge is 0.239 e. The minimum Gasteiger partial charge on any atom is -0.494 e. The van der Waals surface area contributed by atoms with Crippen molar-refractivity contribution < 1.29 is 18.6 Å². The van der Waals surface area contributed by atoms with Crippen molar-refractivity contribution in [2.45, 2.75) is 19.8 Å². The van der Waals surface area contributed by atoms with Crippen LogP contribution in [0.2, 0.25) is 0 Å². The number of para-hydroxylation sites is 1. The summed E-state index contributed by atoms with van der Waals surface area (Å²) in [5, 5.41) is 0. The second kappa shape index (κ2) is 11.0. The first-order chi connectivity index (χ1) is 12.6. The molecule has 142 valence electrons. The van der Waals surface area contributed by atoms with Crippen LogP contribution in [0.3, 0.4) is 0 Å². The maximum absolute atomic E-state index is 12.9. The summed E-state index contributed by atoms with van der Waals surface area (Å²) in [6.07, 6.45) is 1.98. The van der Waals surface area contributed by atoms with Gasteiger partial charge in [-0.15, -0.1) is 0 Å². The summed E-state index contributed by atoms with van der Waals surface area (Å²) in [6.45, 7) is 3.35. The van der Waals surface area contributed by atoms with Gasteiger partial charge in [-0.05, 0) is 56.1 Å². The Kier molecular flexibility index (Phi) is 8.69. The zero-order chi connectivity index (χ0) is 18.7. The van der Waals surface area contributed by atoms with Gasteiger partial charge >= 0.3 is 0 Å². The van der Waals surface area contributed by atoms with Crippen LogP contribution in [0.5, 0.6) is 11.5 Å². The van der Waals surface area contributed by atoms with E-state index in [1.807, 2.05) is 61.5 Å². The third kappa shape index (κ3) is 7.20. The van der Waals surface area contributed by atoms with Gasteiger partial charge in [0.1, 0.15) is 11.5 Å². The van der Waals surface area contributed by atoms with Crippen LogP contribution in [0.4, 0.5) is 0 Å². The van der Waals surface area contributed by atoms with Crippen molar-refractivity contribution in [3.8, 4) is 11.5 Å². The van der Waals surface area contributed by atoms with Gasteiger partial charge in [0, 0.05) is 6.16 Å². The Bertz CT molecular complexity index is 676. The second-order valence-electron chi connectivity index (χ2n) is 5.93. The SMILES string of the molecule is CCOP(=O)(CCCOc1ccccc1)COc1ccc(CCN)cc1. The normalized spacial score (nSPS) is 13.2. The Morgan fingerprint density at radius 2 is 1.65 bits per heavy atom. The van der Waals surface area contributed by atoms with Crippen LogP contribution in [-0.4, -0.2) is 32.3 Å². The van der Waals surface area contributed by atoms with E-state index in [1.54, 1.807) is 0 Å². The molecule has 0 heterocycles. The lowest BCUT2D eigenvalue weighted by molar-refractivity contribution is 0.284. The summed E-state index contributed by atoms with van der Waals surface area (Å²) in [6, 6.07) is 17.3. The largest absolute Gasteiger partial charge is 0.494 e. The molecule has 6 heteroatoms. The monoisotopic (exact) mass is 377 g/mol. The Labute approximate surface area is 155 Å². The molecule has 0 amide bonds. The molecule has 26 heavy (non-hydrogen) atoms. The molecule has 0 saturated heterocycles. The van der Waals surface area contributed by atoms with E-state index in [2.05, 4.69) is 0 Å². The molecule has 0 fully saturated rings. The van der Waals surface area contributed by atoms with Crippen molar-refractivity contribution in [1.82, 2.24) is 0 Å². The average molecular weight is 377 g/mol. The van der Waals surface area contributed by atoms with Gasteiger partial charge in [-0.25, -0.2) is 0 Å². The van der Waals surface area contributed by atoms with Crippen molar-refractivity contribution in [3.05, 3.63) is 60.2 Å². The van der Waals surface area contributed by atoms with E-state index < -0.39 is 7.37 Å². The highest BCUT2D eigenvalue weighted by Crippen LogP contribution is 2.47. The molecule has 0 radical (unpaired) electrons. The molecule has 2 aromatic carbocycles. The van der Waals surface area contributed by atoms with Gasteiger partial charge in [-0.3, -0.25) is 4.57 Å². The molecule has 1 unspecified atom stereocenters. The zero-order valence-corrected chi connectivity index (χ0v) is 16.2. The van der Waals surface area contributed by atoms with Gasteiger partial charge in [0.05, 0.1) is 13.2 Å². The van der Waals surface area contributed by atoms with E-state index in [1.165, 1.54) is 0 Å². The number of nitrogens with two attached hydrogens (primary N) is 1. The number of ether oxygens (including phenoxy) is 2. The molecule has 2 aromatic rings. The molecule has 2 rings (SSSR count). The first-order valence-corrected chi connectivity index (χ1v) is 11.0. The van der Waals surface area contributed by atoms with Crippen molar-refractivity contribution in [2.24, 2.45) is 5.73 Å². The highest BCUT2D eigenvalue weighted by Gasteiger charge is 2.23. The molecule has 0 aliphatic heterocycles. The molecule has 0 saturated carbocycles. The van der Waals surface area contributed by atoms with Crippen LogP contribution in [0, 0.1) is 0 Å². The summed E-state index contributed by atoms with van der Waals surface area (Å²) in [7, 11) is -2.85. The Morgan fingerprint density at radius 3 is 2.31 bits per heavy atom. The molecule has 2 N–H and O–H groups in total. The molecule has 0 aromatic heterocycles. The van der Waals surface area contributed by atoms with Gasteiger partial charge in [0.25, 0.3) is 0 Å². The van der Waals surface area contributed by atoms with Crippen molar-refractivity contribution in [2.75, 3.05) is 32.3 Å². The van der Waals surface area contributed by atoms with Gasteiger partial charge < -0.3 is 19.7 Å². The maximum atomic E-state index is 12.9. The molecule has 0 spiro atoms. The second-order valence-corrected chi connectivity index (χ2v) is 8.52. The zero-order valence-electron chi connectivity index (χ0n) is 15.3. The predicted molar refractivity (Wildman–Crippen MR) is 105 cm³/mol. The fourth-order valence-electron chi connectivity index (χ4n) is 2.51. The van der Waals surface area contributed by atoms with Crippen molar-refractivity contribution >= 4 is 7.37 Å². The van der Waals surface area contributed by atoms with Crippen molar-refractivity contribution in [3.63, 3.8) is 0 Å². The van der Waals surface area contributed by atoms with Crippen LogP contribution < -0.4 is 15.2 Å². The minimum absolute atomic E-state index is 0.0718. The Morgan fingerprint density at radius 1 is 0.962 bits per heavy atom. The number of benzene rings is 2. The fraction of sp³-hybridized carbons (Fsp3) is 0.400. The van der Waals surface area contributed by atoms with Crippen LogP contribution >= 0.6 is 7.37 Å². The molecule has 5 nitrogen and oxygen atoms in total. The standard InChI is InChI=1S/C20H28NO4P/c1-2-25-26(22,16-6-15-23-19-7-4-3-5-8-19)17-24-20-11-9-18(10-12-20)13-14-21/h3-5,7-12H,2,6,13-17,21H2,1H3. The van der Waals surface area contributed by atoms with E-state index in [9.17, 15) is 4.57 Å². The first-order valence-electron chi connectivity index (χ1n) is 8.97. The van der Waals surface area contributed by atoms with Crippen molar-refractivity contribution in [1.29, 1.82) is 0 Å². The van der Waals surface area contributed by atoms with E-state index in [-0.39, 0.29) is 6.35 Å². The van der Waals surface area contributed by atoms with Gasteiger partial charge in [0.2, 0.25) is 7.37 Å². The van der Waals surface area contributed by atoms with E-state index in [0.29, 0.717) is 38.1 Å². The summed E-state index contributed by atoms with van der Waals surface area (Å²) in [4.78, 5) is 0. The number of hydrogen-bond acceptors (Lipinski definition) is 5. The Hall–Kier alpha value is -1.81. The highest BCUT2D eigenvalue weighted by atomic mass is 31.2. The lowest BCUT2D eigenvalue weighted by atomic mass is 10.1. The average Bonchev–Trinajstić information content (AvgIpc) is 2.66. The van der Waals surface area contributed by atoms with E-state index >= 15 is 0 Å². The first kappa shape index (κ1) is 20.5.